The lowest BCUT2D eigenvalue weighted by molar-refractivity contribution is -0.123. The van der Waals surface area contributed by atoms with Crippen LogP contribution < -0.4 is 25.4 Å². The molecule has 0 aliphatic heterocycles. The fraction of sp³-hybridized carbons (Fsp3) is 0.200. The number of nitrogens with zero attached hydrogens (tertiary/aromatic N) is 3. The molecule has 1 aromatic carbocycles. The quantitative estimate of drug-likeness (QED) is 0.449. The molecule has 0 unspecified atom stereocenters. The highest BCUT2D eigenvalue weighted by Gasteiger charge is 2.03. The van der Waals surface area contributed by atoms with Crippen molar-refractivity contribution in [2.45, 2.75) is 0 Å². The van der Waals surface area contributed by atoms with Crippen molar-refractivity contribution in [3.63, 3.8) is 0 Å². The Morgan fingerprint density at radius 1 is 0.966 bits per heavy atom. The third-order valence-electron chi connectivity index (χ3n) is 3.78. The molecule has 0 radical (unpaired) electrons. The van der Waals surface area contributed by atoms with Gasteiger partial charge in [-0.2, -0.15) is 0 Å². The van der Waals surface area contributed by atoms with Crippen LogP contribution in [0, 0.1) is 0 Å². The normalized spacial score (nSPS) is 10.1. The highest BCUT2D eigenvalue weighted by Crippen LogP contribution is 2.16. The smallest absolute Gasteiger partial charge is 0.258 e. The van der Waals surface area contributed by atoms with Crippen LogP contribution in [0.2, 0.25) is 0 Å². The molecule has 0 spiro atoms. The molecule has 2 aromatic heterocycles. The first-order chi connectivity index (χ1) is 14.2. The Bertz CT molecular complexity index is 888. The van der Waals surface area contributed by atoms with Gasteiger partial charge in [0.15, 0.2) is 12.4 Å². The van der Waals surface area contributed by atoms with Crippen molar-refractivity contribution in [3.05, 3.63) is 60.9 Å². The summed E-state index contributed by atoms with van der Waals surface area (Å²) in [7, 11) is 1.59. The maximum atomic E-state index is 11.8. The van der Waals surface area contributed by atoms with E-state index >= 15 is 0 Å². The molecule has 1 amide bonds. The second-order valence-electron chi connectivity index (χ2n) is 5.91. The number of amides is 1. The molecule has 9 heteroatoms. The summed E-state index contributed by atoms with van der Waals surface area (Å²) in [6, 6.07) is 14.4. The minimum absolute atomic E-state index is 0.0547. The zero-order chi connectivity index (χ0) is 20.3. The first-order valence-corrected chi connectivity index (χ1v) is 9.01. The summed E-state index contributed by atoms with van der Waals surface area (Å²) in [5, 5.41) is 17.2. The van der Waals surface area contributed by atoms with Crippen LogP contribution >= 0.6 is 0 Å². The molecule has 0 saturated heterocycles. The topological polar surface area (TPSA) is 110 Å². The maximum Gasteiger partial charge on any atom is 0.258 e. The fourth-order valence-corrected chi connectivity index (χ4v) is 2.34. The molecule has 0 aliphatic carbocycles. The number of nitrogens with one attached hydrogen (secondary N) is 3. The zero-order valence-electron chi connectivity index (χ0n) is 16.0. The Labute approximate surface area is 168 Å². The number of rotatable bonds is 10. The van der Waals surface area contributed by atoms with Gasteiger partial charge in [0.05, 0.1) is 19.0 Å². The third-order valence-corrected chi connectivity index (χ3v) is 3.78. The van der Waals surface area contributed by atoms with Gasteiger partial charge >= 0.3 is 0 Å². The van der Waals surface area contributed by atoms with Gasteiger partial charge in [-0.3, -0.25) is 9.78 Å². The molecule has 9 nitrogen and oxygen atoms in total. The van der Waals surface area contributed by atoms with Crippen molar-refractivity contribution in [3.8, 4) is 11.5 Å². The third kappa shape index (κ3) is 6.65. The molecule has 3 rings (SSSR count). The van der Waals surface area contributed by atoms with Gasteiger partial charge < -0.3 is 25.4 Å². The van der Waals surface area contributed by atoms with Gasteiger partial charge in [0.2, 0.25) is 0 Å². The first kappa shape index (κ1) is 19.9. The molecule has 3 N–H and O–H groups in total. The number of hydrogen-bond donors (Lipinski definition) is 3. The van der Waals surface area contributed by atoms with E-state index < -0.39 is 0 Å². The molecule has 150 valence electrons. The summed E-state index contributed by atoms with van der Waals surface area (Å²) >= 11 is 0. The van der Waals surface area contributed by atoms with Crippen molar-refractivity contribution in [2.75, 3.05) is 37.4 Å². The van der Waals surface area contributed by atoms with E-state index in [4.69, 9.17) is 9.47 Å². The number of pyridine rings is 1. The average Bonchev–Trinajstić information content (AvgIpc) is 2.77. The van der Waals surface area contributed by atoms with E-state index in [2.05, 4.69) is 31.1 Å². The Balaban J connectivity index is 1.32. The zero-order valence-corrected chi connectivity index (χ0v) is 16.0. The monoisotopic (exact) mass is 394 g/mol. The molecule has 0 saturated carbocycles. The molecule has 0 fully saturated rings. The van der Waals surface area contributed by atoms with Gasteiger partial charge in [0.25, 0.3) is 5.91 Å². The van der Waals surface area contributed by atoms with Gasteiger partial charge in [-0.1, -0.05) is 0 Å². The van der Waals surface area contributed by atoms with Gasteiger partial charge in [-0.15, -0.1) is 10.2 Å². The van der Waals surface area contributed by atoms with E-state index in [0.29, 0.717) is 30.5 Å². The number of aromatic nitrogens is 3. The van der Waals surface area contributed by atoms with Crippen molar-refractivity contribution in [2.24, 2.45) is 0 Å². The lowest BCUT2D eigenvalue weighted by Crippen LogP contribution is -2.32. The van der Waals surface area contributed by atoms with Crippen molar-refractivity contribution < 1.29 is 14.3 Å². The summed E-state index contributed by atoms with van der Waals surface area (Å²) in [6.07, 6.45) is 3.41. The van der Waals surface area contributed by atoms with E-state index in [1.54, 1.807) is 49.8 Å². The SMILES string of the molecule is COc1ccc(OCC(=O)NCCNc2ccc(Nc3cccnc3)nn2)cc1. The number of anilines is 3. The van der Waals surface area contributed by atoms with Crippen LogP contribution in [0.15, 0.2) is 60.9 Å². The summed E-state index contributed by atoms with van der Waals surface area (Å²) in [5.74, 6) is 2.37. The maximum absolute atomic E-state index is 11.8. The predicted molar refractivity (Wildman–Crippen MR) is 110 cm³/mol. The van der Waals surface area contributed by atoms with E-state index in [9.17, 15) is 4.79 Å². The van der Waals surface area contributed by atoms with Crippen LogP contribution in [0.4, 0.5) is 17.3 Å². The minimum atomic E-state index is -0.204. The van der Waals surface area contributed by atoms with Crippen LogP contribution in [0.25, 0.3) is 0 Å². The summed E-state index contributed by atoms with van der Waals surface area (Å²) in [4.78, 5) is 15.9. The molecule has 2 heterocycles. The van der Waals surface area contributed by atoms with Crippen molar-refractivity contribution in [1.29, 1.82) is 0 Å². The first-order valence-electron chi connectivity index (χ1n) is 9.01. The van der Waals surface area contributed by atoms with Crippen molar-refractivity contribution >= 4 is 23.2 Å². The number of carbonyl (C=O) groups excluding carboxylic acids is 1. The molecule has 0 aliphatic rings. The standard InChI is InChI=1S/C20H22N6O3/c1-28-16-4-6-17(7-5-16)29-14-20(27)23-12-11-22-18-8-9-19(26-25-18)24-15-3-2-10-21-13-15/h2-10,13H,11-12,14H2,1H3,(H,22,25)(H,23,27)(H,24,26). The molecule has 29 heavy (non-hydrogen) atoms. The van der Waals surface area contributed by atoms with Gasteiger partial charge in [0.1, 0.15) is 17.3 Å². The molecular weight excluding hydrogens is 372 g/mol. The summed E-state index contributed by atoms with van der Waals surface area (Å²) < 4.78 is 10.5. The van der Waals surface area contributed by atoms with Gasteiger partial charge in [-0.25, -0.2) is 0 Å². The predicted octanol–water partition coefficient (Wildman–Crippen LogP) is 2.23. The molecule has 0 bridgehead atoms. The minimum Gasteiger partial charge on any atom is -0.497 e. The molecule has 3 aromatic rings. The Morgan fingerprint density at radius 3 is 2.41 bits per heavy atom. The van der Waals surface area contributed by atoms with Gasteiger partial charge in [-0.05, 0) is 48.5 Å². The number of benzene rings is 1. The van der Waals surface area contributed by atoms with Crippen LogP contribution in [0.5, 0.6) is 11.5 Å². The van der Waals surface area contributed by atoms with Crippen molar-refractivity contribution in [1.82, 2.24) is 20.5 Å². The fourth-order valence-electron chi connectivity index (χ4n) is 2.34. The number of carbonyl (C=O) groups is 1. The summed E-state index contributed by atoms with van der Waals surface area (Å²) in [5.41, 5.74) is 0.835. The largest absolute Gasteiger partial charge is 0.497 e. The van der Waals surface area contributed by atoms with Crippen LogP contribution in [0.3, 0.4) is 0 Å². The highest BCUT2D eigenvalue weighted by atomic mass is 16.5. The summed E-state index contributed by atoms with van der Waals surface area (Å²) in [6.45, 7) is 0.890. The number of methoxy groups -OCH3 is 1. The second-order valence-corrected chi connectivity index (χ2v) is 5.91. The van der Waals surface area contributed by atoms with E-state index in [0.717, 1.165) is 11.4 Å². The second kappa shape index (κ2) is 10.5. The lowest BCUT2D eigenvalue weighted by Gasteiger charge is -2.09. The Morgan fingerprint density at radius 2 is 1.72 bits per heavy atom. The Hall–Kier alpha value is -3.88. The number of ether oxygens (including phenoxy) is 2. The van der Waals surface area contributed by atoms with E-state index in [-0.39, 0.29) is 12.5 Å². The lowest BCUT2D eigenvalue weighted by atomic mass is 10.3. The van der Waals surface area contributed by atoms with E-state index in [1.807, 2.05) is 18.2 Å². The van der Waals surface area contributed by atoms with Crippen LogP contribution in [0.1, 0.15) is 0 Å². The number of hydrogen-bond acceptors (Lipinski definition) is 8. The van der Waals surface area contributed by atoms with E-state index in [1.165, 1.54) is 0 Å². The highest BCUT2D eigenvalue weighted by molar-refractivity contribution is 5.77. The van der Waals surface area contributed by atoms with Crippen LogP contribution in [-0.2, 0) is 4.79 Å². The van der Waals surface area contributed by atoms with Gasteiger partial charge in [0, 0.05) is 19.3 Å². The van der Waals surface area contributed by atoms with Crippen LogP contribution in [-0.4, -0.2) is 47.9 Å². The average molecular weight is 394 g/mol. The molecular formula is C20H22N6O3. The molecule has 0 atom stereocenters. The Kier molecular flexibility index (Phi) is 7.16.